The summed E-state index contributed by atoms with van der Waals surface area (Å²) in [6.07, 6.45) is 1.80. The van der Waals surface area contributed by atoms with Gasteiger partial charge in [0.05, 0.1) is 36.3 Å². The van der Waals surface area contributed by atoms with Gasteiger partial charge < -0.3 is 9.64 Å². The number of hydrogen-bond donors (Lipinski definition) is 0. The minimum atomic E-state index is 0.289. The fourth-order valence-electron chi connectivity index (χ4n) is 3.39. The van der Waals surface area contributed by atoms with Crippen LogP contribution in [0.25, 0.3) is 11.4 Å². The van der Waals surface area contributed by atoms with Crippen LogP contribution in [0.3, 0.4) is 0 Å². The maximum Gasteiger partial charge on any atom is 0.224 e. The summed E-state index contributed by atoms with van der Waals surface area (Å²) in [5, 5.41) is 4.93. The summed E-state index contributed by atoms with van der Waals surface area (Å²) in [5.74, 6) is 0.960. The van der Waals surface area contributed by atoms with Gasteiger partial charge in [0.2, 0.25) is 5.28 Å². The van der Waals surface area contributed by atoms with E-state index in [-0.39, 0.29) is 6.04 Å². The second kappa shape index (κ2) is 5.76. The van der Waals surface area contributed by atoms with Crippen LogP contribution >= 0.6 is 11.6 Å². The van der Waals surface area contributed by atoms with Gasteiger partial charge in [0.1, 0.15) is 5.82 Å². The molecule has 1 fully saturated rings. The zero-order chi connectivity index (χ0) is 16.0. The zero-order valence-corrected chi connectivity index (χ0v) is 14.2. The Labute approximate surface area is 140 Å². The first-order valence-electron chi connectivity index (χ1n) is 8.15. The van der Waals surface area contributed by atoms with Crippen LogP contribution in [0.15, 0.2) is 6.07 Å². The molecule has 0 bridgehead atoms. The van der Waals surface area contributed by atoms with E-state index in [1.165, 1.54) is 5.56 Å². The fraction of sp³-hybridized carbons (Fsp3) is 0.562. The Hall–Kier alpha value is -1.66. The van der Waals surface area contributed by atoms with Crippen LogP contribution in [0.5, 0.6) is 0 Å². The molecule has 122 valence electrons. The van der Waals surface area contributed by atoms with Crippen molar-refractivity contribution in [2.45, 2.75) is 39.3 Å². The summed E-state index contributed by atoms with van der Waals surface area (Å²) < 4.78 is 7.59. The van der Waals surface area contributed by atoms with Gasteiger partial charge >= 0.3 is 0 Å². The van der Waals surface area contributed by atoms with Crippen molar-refractivity contribution >= 4 is 17.4 Å². The predicted octanol–water partition coefficient (Wildman–Crippen LogP) is 2.34. The molecule has 0 amide bonds. The van der Waals surface area contributed by atoms with Gasteiger partial charge in [0, 0.05) is 18.7 Å². The number of morpholine rings is 1. The van der Waals surface area contributed by atoms with E-state index in [0.717, 1.165) is 55.4 Å². The molecule has 2 aromatic rings. The number of anilines is 1. The Morgan fingerprint density at radius 2 is 2.22 bits per heavy atom. The minimum Gasteiger partial charge on any atom is -0.377 e. The number of ether oxygens (including phenoxy) is 1. The molecule has 0 N–H and O–H groups in total. The van der Waals surface area contributed by atoms with E-state index in [0.29, 0.717) is 11.9 Å². The van der Waals surface area contributed by atoms with Gasteiger partial charge in [-0.1, -0.05) is 6.92 Å². The summed E-state index contributed by atoms with van der Waals surface area (Å²) in [6, 6.07) is 2.41. The topological polar surface area (TPSA) is 56.1 Å². The molecular formula is C16H20ClN5O. The Kier molecular flexibility index (Phi) is 3.73. The Balaban J connectivity index is 1.84. The summed E-state index contributed by atoms with van der Waals surface area (Å²) in [5.41, 5.74) is 4.24. The molecule has 1 saturated heterocycles. The first-order valence-corrected chi connectivity index (χ1v) is 8.53. The number of rotatable bonds is 2. The lowest BCUT2D eigenvalue weighted by Crippen LogP contribution is -2.45. The highest BCUT2D eigenvalue weighted by atomic mass is 35.5. The van der Waals surface area contributed by atoms with Crippen LogP contribution in [0.1, 0.15) is 25.1 Å². The van der Waals surface area contributed by atoms with Gasteiger partial charge in [-0.3, -0.25) is 4.68 Å². The predicted molar refractivity (Wildman–Crippen MR) is 89.0 cm³/mol. The lowest BCUT2D eigenvalue weighted by molar-refractivity contribution is 0.0984. The SMILES string of the molecule is CCc1cc2n(n1)CCc1c-2nc(Cl)nc1N1CCOC[C@@H]1C. The van der Waals surface area contributed by atoms with Gasteiger partial charge in [0.15, 0.2) is 0 Å². The summed E-state index contributed by atoms with van der Waals surface area (Å²) in [7, 11) is 0. The second-order valence-electron chi connectivity index (χ2n) is 6.11. The van der Waals surface area contributed by atoms with Gasteiger partial charge in [0.25, 0.3) is 0 Å². The minimum absolute atomic E-state index is 0.289. The number of fused-ring (bicyclic) bond motifs is 3. The first-order chi connectivity index (χ1) is 11.2. The van der Waals surface area contributed by atoms with Gasteiger partial charge in [-0.15, -0.1) is 0 Å². The third-order valence-corrected chi connectivity index (χ3v) is 4.78. The van der Waals surface area contributed by atoms with Crippen molar-refractivity contribution in [1.29, 1.82) is 0 Å². The van der Waals surface area contributed by atoms with Crippen LogP contribution in [0.2, 0.25) is 5.28 Å². The highest BCUT2D eigenvalue weighted by molar-refractivity contribution is 6.28. The summed E-state index contributed by atoms with van der Waals surface area (Å²) in [6.45, 7) is 7.40. The molecule has 7 heteroatoms. The van der Waals surface area contributed by atoms with Crippen molar-refractivity contribution in [1.82, 2.24) is 19.7 Å². The molecule has 4 rings (SSSR count). The van der Waals surface area contributed by atoms with Gasteiger partial charge in [-0.2, -0.15) is 5.10 Å². The molecule has 6 nitrogen and oxygen atoms in total. The average molecular weight is 334 g/mol. The standard InChI is InChI=1S/C16H20ClN5O/c1-3-11-8-13-14-12(4-5-22(13)20-11)15(19-16(17)18-14)21-6-7-23-9-10(21)2/h8,10H,3-7,9H2,1-2H3/t10-/m0/s1. The van der Waals surface area contributed by atoms with Crippen LogP contribution in [-0.2, 0) is 24.1 Å². The van der Waals surface area contributed by atoms with Gasteiger partial charge in [-0.25, -0.2) is 9.97 Å². The van der Waals surface area contributed by atoms with E-state index < -0.39 is 0 Å². The molecular weight excluding hydrogens is 314 g/mol. The van der Waals surface area contributed by atoms with E-state index in [9.17, 15) is 0 Å². The van der Waals surface area contributed by atoms with Crippen LogP contribution in [0.4, 0.5) is 5.82 Å². The molecule has 0 spiro atoms. The molecule has 0 radical (unpaired) electrons. The molecule has 0 unspecified atom stereocenters. The highest BCUT2D eigenvalue weighted by Crippen LogP contribution is 2.35. The van der Waals surface area contributed by atoms with E-state index in [1.54, 1.807) is 0 Å². The van der Waals surface area contributed by atoms with Gasteiger partial charge in [-0.05, 0) is 37.4 Å². The molecule has 0 aliphatic carbocycles. The fourth-order valence-corrected chi connectivity index (χ4v) is 3.55. The molecule has 4 heterocycles. The average Bonchev–Trinajstić information content (AvgIpc) is 2.98. The number of aryl methyl sites for hydroxylation is 2. The molecule has 2 aromatic heterocycles. The maximum atomic E-state index is 6.25. The van der Waals surface area contributed by atoms with E-state index in [4.69, 9.17) is 16.3 Å². The molecule has 2 aliphatic rings. The lowest BCUT2D eigenvalue weighted by atomic mass is 10.0. The van der Waals surface area contributed by atoms with E-state index in [1.807, 2.05) is 4.68 Å². The van der Waals surface area contributed by atoms with Crippen molar-refractivity contribution in [2.24, 2.45) is 0 Å². The van der Waals surface area contributed by atoms with Crippen molar-refractivity contribution in [3.05, 3.63) is 22.6 Å². The monoisotopic (exact) mass is 333 g/mol. The molecule has 23 heavy (non-hydrogen) atoms. The van der Waals surface area contributed by atoms with Crippen molar-refractivity contribution in [3.63, 3.8) is 0 Å². The molecule has 1 atom stereocenters. The molecule has 2 aliphatic heterocycles. The summed E-state index contributed by atoms with van der Waals surface area (Å²) >= 11 is 6.25. The maximum absolute atomic E-state index is 6.25. The first kappa shape index (κ1) is 14.9. The van der Waals surface area contributed by atoms with Crippen LogP contribution < -0.4 is 4.90 Å². The highest BCUT2D eigenvalue weighted by Gasteiger charge is 2.29. The normalized spacial score (nSPS) is 20.3. The van der Waals surface area contributed by atoms with Crippen molar-refractivity contribution < 1.29 is 4.74 Å². The largest absolute Gasteiger partial charge is 0.377 e. The van der Waals surface area contributed by atoms with Crippen LogP contribution in [-0.4, -0.2) is 45.5 Å². The molecule has 0 aromatic carbocycles. The third-order valence-electron chi connectivity index (χ3n) is 4.61. The molecule has 0 saturated carbocycles. The number of nitrogens with zero attached hydrogens (tertiary/aromatic N) is 5. The lowest BCUT2D eigenvalue weighted by Gasteiger charge is -2.36. The number of halogens is 1. The Bertz CT molecular complexity index is 744. The van der Waals surface area contributed by atoms with Crippen LogP contribution in [0, 0.1) is 0 Å². The second-order valence-corrected chi connectivity index (χ2v) is 6.45. The summed E-state index contributed by atoms with van der Waals surface area (Å²) in [4.78, 5) is 11.4. The van der Waals surface area contributed by atoms with Crippen molar-refractivity contribution in [2.75, 3.05) is 24.7 Å². The number of hydrogen-bond acceptors (Lipinski definition) is 5. The third kappa shape index (κ3) is 2.50. The number of aromatic nitrogens is 4. The Morgan fingerprint density at radius 3 is 3.00 bits per heavy atom. The van der Waals surface area contributed by atoms with E-state index >= 15 is 0 Å². The smallest absolute Gasteiger partial charge is 0.224 e. The van der Waals surface area contributed by atoms with Crippen molar-refractivity contribution in [3.8, 4) is 11.4 Å². The Morgan fingerprint density at radius 1 is 1.35 bits per heavy atom. The zero-order valence-electron chi connectivity index (χ0n) is 13.4. The quantitative estimate of drug-likeness (QED) is 0.790. The van der Waals surface area contributed by atoms with E-state index in [2.05, 4.69) is 39.9 Å².